The van der Waals surface area contributed by atoms with Crippen LogP contribution in [0.25, 0.3) is 22.3 Å². The maximum Gasteiger partial charge on any atom is 0.131 e. The van der Waals surface area contributed by atoms with Gasteiger partial charge in [0.2, 0.25) is 0 Å². The van der Waals surface area contributed by atoms with E-state index in [4.69, 9.17) is 0 Å². The molecule has 3 aromatic carbocycles. The van der Waals surface area contributed by atoms with Crippen molar-refractivity contribution < 1.29 is 13.2 Å². The zero-order valence-electron chi connectivity index (χ0n) is 13.9. The van der Waals surface area contributed by atoms with E-state index in [0.717, 1.165) is 5.56 Å². The Balaban J connectivity index is 0.00000100. The number of halogens is 3. The Kier molecular flexibility index (Phi) is 5.80. The summed E-state index contributed by atoms with van der Waals surface area (Å²) in [6.45, 7) is 5.80. The lowest BCUT2D eigenvalue weighted by Crippen LogP contribution is -1.90. The highest BCUT2D eigenvalue weighted by Gasteiger charge is 2.10. The van der Waals surface area contributed by atoms with Crippen LogP contribution in [0.2, 0.25) is 0 Å². The molecule has 0 saturated carbocycles. The van der Waals surface area contributed by atoms with E-state index in [-0.39, 0.29) is 11.6 Å². The van der Waals surface area contributed by atoms with Gasteiger partial charge in [0.25, 0.3) is 0 Å². The second-order valence-corrected chi connectivity index (χ2v) is 5.18. The summed E-state index contributed by atoms with van der Waals surface area (Å²) in [7, 11) is 0. The monoisotopic (exact) mass is 328 g/mol. The topological polar surface area (TPSA) is 0 Å². The van der Waals surface area contributed by atoms with Gasteiger partial charge in [0, 0.05) is 11.1 Å². The van der Waals surface area contributed by atoms with Crippen molar-refractivity contribution in [2.75, 3.05) is 0 Å². The minimum absolute atomic E-state index is 0.357. The summed E-state index contributed by atoms with van der Waals surface area (Å²) in [6.07, 6.45) is 0. The van der Waals surface area contributed by atoms with E-state index in [1.54, 1.807) is 31.2 Å². The highest BCUT2D eigenvalue weighted by atomic mass is 19.1. The van der Waals surface area contributed by atoms with Crippen LogP contribution in [0.3, 0.4) is 0 Å². The van der Waals surface area contributed by atoms with E-state index in [9.17, 15) is 13.2 Å². The molecule has 0 aromatic heterocycles. The Bertz CT molecular complexity index is 821. The molecule has 0 saturated heterocycles. The van der Waals surface area contributed by atoms with Crippen LogP contribution >= 0.6 is 0 Å². The minimum atomic E-state index is -0.468. The maximum absolute atomic E-state index is 14.3. The van der Waals surface area contributed by atoms with Gasteiger partial charge in [0.15, 0.2) is 0 Å². The number of aryl methyl sites for hydroxylation is 1. The Morgan fingerprint density at radius 2 is 1.08 bits per heavy atom. The maximum atomic E-state index is 14.3. The predicted octanol–water partition coefficient (Wildman–Crippen LogP) is 6.77. The zero-order chi connectivity index (χ0) is 17.7. The van der Waals surface area contributed by atoms with Gasteiger partial charge in [0.1, 0.15) is 17.5 Å². The van der Waals surface area contributed by atoms with E-state index in [1.807, 2.05) is 13.8 Å². The average molecular weight is 328 g/mol. The summed E-state index contributed by atoms with van der Waals surface area (Å²) < 4.78 is 41.2. The molecule has 0 bridgehead atoms. The zero-order valence-corrected chi connectivity index (χ0v) is 13.9. The Morgan fingerprint density at radius 1 is 0.583 bits per heavy atom. The van der Waals surface area contributed by atoms with Gasteiger partial charge in [-0.25, -0.2) is 13.2 Å². The SMILES string of the molecule is CC.Cc1ccc(-c2ccc(-c3ccc(F)cc3)c(F)c2)c(F)c1. The van der Waals surface area contributed by atoms with Crippen molar-refractivity contribution in [2.45, 2.75) is 20.8 Å². The number of hydrogen-bond acceptors (Lipinski definition) is 0. The molecule has 3 heteroatoms. The van der Waals surface area contributed by atoms with Crippen molar-refractivity contribution in [3.63, 3.8) is 0 Å². The molecule has 0 atom stereocenters. The van der Waals surface area contributed by atoms with Crippen LogP contribution in [0.15, 0.2) is 60.7 Å². The van der Waals surface area contributed by atoms with E-state index in [1.165, 1.54) is 36.4 Å². The molecule has 0 aliphatic heterocycles. The molecule has 0 nitrogen and oxygen atoms in total. The van der Waals surface area contributed by atoms with Crippen LogP contribution in [0, 0.1) is 24.4 Å². The molecule has 24 heavy (non-hydrogen) atoms. The molecule has 0 spiro atoms. The molecular weight excluding hydrogens is 309 g/mol. The Labute approximate surface area is 140 Å². The van der Waals surface area contributed by atoms with Gasteiger partial charge in [-0.05, 0) is 47.9 Å². The smallest absolute Gasteiger partial charge is 0.131 e. The molecule has 0 aliphatic rings. The summed E-state index contributed by atoms with van der Waals surface area (Å²) in [5.41, 5.74) is 2.58. The first-order valence-electron chi connectivity index (χ1n) is 7.86. The average Bonchev–Trinajstić information content (AvgIpc) is 2.58. The summed E-state index contributed by atoms with van der Waals surface area (Å²) in [5.74, 6) is -1.22. The van der Waals surface area contributed by atoms with Gasteiger partial charge in [-0.15, -0.1) is 0 Å². The molecule has 3 aromatic rings. The van der Waals surface area contributed by atoms with Crippen LogP contribution in [0.4, 0.5) is 13.2 Å². The second-order valence-electron chi connectivity index (χ2n) is 5.18. The molecule has 124 valence electrons. The van der Waals surface area contributed by atoms with Gasteiger partial charge >= 0.3 is 0 Å². The molecule has 0 fully saturated rings. The van der Waals surface area contributed by atoms with Crippen LogP contribution in [0.1, 0.15) is 19.4 Å². The lowest BCUT2D eigenvalue weighted by Gasteiger charge is -2.08. The first kappa shape index (κ1) is 17.8. The van der Waals surface area contributed by atoms with E-state index < -0.39 is 5.82 Å². The van der Waals surface area contributed by atoms with Crippen molar-refractivity contribution in [3.05, 3.63) is 83.7 Å². The lowest BCUT2D eigenvalue weighted by atomic mass is 9.98. The first-order valence-corrected chi connectivity index (χ1v) is 7.86. The van der Waals surface area contributed by atoms with Crippen molar-refractivity contribution in [3.8, 4) is 22.3 Å². The van der Waals surface area contributed by atoms with Crippen LogP contribution < -0.4 is 0 Å². The fraction of sp³-hybridized carbons (Fsp3) is 0.143. The van der Waals surface area contributed by atoms with Gasteiger partial charge in [-0.2, -0.15) is 0 Å². The van der Waals surface area contributed by atoms with Crippen molar-refractivity contribution in [1.82, 2.24) is 0 Å². The fourth-order valence-electron chi connectivity index (χ4n) is 2.40. The Morgan fingerprint density at radius 3 is 1.67 bits per heavy atom. The minimum Gasteiger partial charge on any atom is -0.207 e. The summed E-state index contributed by atoms with van der Waals surface area (Å²) in [6, 6.07) is 15.0. The third-order valence-electron chi connectivity index (χ3n) is 3.56. The third kappa shape index (κ3) is 3.85. The number of hydrogen-bond donors (Lipinski definition) is 0. The standard InChI is InChI=1S/C19H13F3.C2H6/c1-12-2-8-17(18(21)10-12)14-5-9-16(19(22)11-14)13-3-6-15(20)7-4-13;1-2/h2-11H,1H3;1-2H3. The normalized spacial score (nSPS) is 10.1. The quantitative estimate of drug-likeness (QED) is 0.487. The third-order valence-corrected chi connectivity index (χ3v) is 3.56. The van der Waals surface area contributed by atoms with Crippen LogP contribution in [-0.2, 0) is 0 Å². The summed E-state index contributed by atoms with van der Waals surface area (Å²) in [5, 5.41) is 0. The van der Waals surface area contributed by atoms with Gasteiger partial charge in [-0.3, -0.25) is 0 Å². The van der Waals surface area contributed by atoms with Gasteiger partial charge in [0.05, 0.1) is 0 Å². The molecule has 0 aliphatic carbocycles. The van der Waals surface area contributed by atoms with Crippen LogP contribution in [0.5, 0.6) is 0 Å². The molecular formula is C21H19F3. The largest absolute Gasteiger partial charge is 0.207 e. The first-order chi connectivity index (χ1) is 11.5. The van der Waals surface area contributed by atoms with Gasteiger partial charge in [-0.1, -0.05) is 50.2 Å². The number of benzene rings is 3. The molecule has 0 N–H and O–H groups in total. The van der Waals surface area contributed by atoms with Crippen molar-refractivity contribution >= 4 is 0 Å². The van der Waals surface area contributed by atoms with Crippen molar-refractivity contribution in [1.29, 1.82) is 0 Å². The number of rotatable bonds is 2. The van der Waals surface area contributed by atoms with E-state index in [2.05, 4.69) is 0 Å². The Hall–Kier alpha value is -2.55. The molecule has 0 heterocycles. The second kappa shape index (κ2) is 7.82. The molecule has 3 rings (SSSR count). The molecule has 0 amide bonds. The highest BCUT2D eigenvalue weighted by Crippen LogP contribution is 2.29. The molecule has 0 radical (unpaired) electrons. The predicted molar refractivity (Wildman–Crippen MR) is 93.3 cm³/mol. The highest BCUT2D eigenvalue weighted by molar-refractivity contribution is 5.71. The summed E-state index contributed by atoms with van der Waals surface area (Å²) >= 11 is 0. The lowest BCUT2D eigenvalue weighted by molar-refractivity contribution is 0.624. The van der Waals surface area contributed by atoms with Crippen molar-refractivity contribution in [2.24, 2.45) is 0 Å². The van der Waals surface area contributed by atoms with E-state index >= 15 is 0 Å². The molecule has 0 unspecified atom stereocenters. The van der Waals surface area contributed by atoms with Crippen LogP contribution in [-0.4, -0.2) is 0 Å². The summed E-state index contributed by atoms with van der Waals surface area (Å²) in [4.78, 5) is 0. The van der Waals surface area contributed by atoms with Gasteiger partial charge < -0.3 is 0 Å². The van der Waals surface area contributed by atoms with E-state index in [0.29, 0.717) is 22.3 Å². The fourth-order valence-corrected chi connectivity index (χ4v) is 2.40.